The van der Waals surface area contributed by atoms with Crippen molar-refractivity contribution in [2.24, 2.45) is 11.8 Å². The summed E-state index contributed by atoms with van der Waals surface area (Å²) in [5, 5.41) is 0. The highest BCUT2D eigenvalue weighted by atomic mass is 127. The van der Waals surface area contributed by atoms with Crippen molar-refractivity contribution in [2.45, 2.75) is 39.2 Å². The Bertz CT molecular complexity index is 648. The summed E-state index contributed by atoms with van der Waals surface area (Å²) in [7, 11) is 0. The Kier molecular flexibility index (Phi) is 3.73. The molecule has 1 N–H and O–H groups in total. The van der Waals surface area contributed by atoms with Gasteiger partial charge in [-0.25, -0.2) is 0 Å². The first-order chi connectivity index (χ1) is 9.04. The van der Waals surface area contributed by atoms with Crippen LogP contribution in [0.5, 0.6) is 0 Å². The molecule has 2 atom stereocenters. The third kappa shape index (κ3) is 2.61. The highest BCUT2D eigenvalue weighted by Gasteiger charge is 2.26. The number of halogens is 1. The van der Waals surface area contributed by atoms with E-state index in [1.165, 1.54) is 33.9 Å². The molecule has 3 rings (SSSR count). The Hall–Kier alpha value is -0.360. The molecule has 2 aromatic rings. The van der Waals surface area contributed by atoms with Gasteiger partial charge in [-0.2, -0.15) is 0 Å². The van der Waals surface area contributed by atoms with Crippen molar-refractivity contribution < 1.29 is 0 Å². The summed E-state index contributed by atoms with van der Waals surface area (Å²) in [5.74, 6) is 1.59. The maximum absolute atomic E-state index is 5.56. The largest absolute Gasteiger partial charge is 0.331 e. The van der Waals surface area contributed by atoms with Gasteiger partial charge in [0.1, 0.15) is 0 Å². The first kappa shape index (κ1) is 13.6. The van der Waals surface area contributed by atoms with E-state index in [0.29, 0.717) is 6.04 Å². The maximum atomic E-state index is 5.56. The van der Waals surface area contributed by atoms with Crippen LogP contribution in [0, 0.1) is 20.2 Å². The zero-order chi connectivity index (χ0) is 13.6. The Morgan fingerprint density at radius 1 is 1.21 bits per heavy atom. The van der Waals surface area contributed by atoms with E-state index in [-0.39, 0.29) is 0 Å². The lowest BCUT2D eigenvalue weighted by molar-refractivity contribution is 0.223. The molecular weight excluding hydrogens is 367 g/mol. The van der Waals surface area contributed by atoms with E-state index >= 15 is 0 Å². The molecular formula is C15H19IN2S. The van der Waals surface area contributed by atoms with E-state index in [1.807, 2.05) is 0 Å². The van der Waals surface area contributed by atoms with Gasteiger partial charge < -0.3 is 9.55 Å². The highest BCUT2D eigenvalue weighted by molar-refractivity contribution is 14.1. The van der Waals surface area contributed by atoms with Gasteiger partial charge in [-0.1, -0.05) is 13.8 Å². The van der Waals surface area contributed by atoms with Crippen molar-refractivity contribution in [3.63, 3.8) is 0 Å². The zero-order valence-corrected chi connectivity index (χ0v) is 14.3. The topological polar surface area (TPSA) is 20.7 Å². The minimum absolute atomic E-state index is 0.556. The molecule has 1 fully saturated rings. The van der Waals surface area contributed by atoms with Crippen molar-refractivity contribution in [3.8, 4) is 0 Å². The number of nitrogens with one attached hydrogen (secondary N) is 1. The lowest BCUT2D eigenvalue weighted by Crippen LogP contribution is -2.22. The SMILES string of the molecule is CC1CC(C)CC(n2c(=S)[nH]c3cc(I)ccc32)C1. The van der Waals surface area contributed by atoms with Crippen molar-refractivity contribution in [1.82, 2.24) is 9.55 Å². The van der Waals surface area contributed by atoms with Crippen molar-refractivity contribution in [2.75, 3.05) is 0 Å². The molecule has 1 saturated carbocycles. The number of aromatic amines is 1. The number of nitrogens with zero attached hydrogens (tertiary/aromatic N) is 1. The number of benzene rings is 1. The van der Waals surface area contributed by atoms with Crippen LogP contribution in [-0.4, -0.2) is 9.55 Å². The minimum atomic E-state index is 0.556. The molecule has 0 bridgehead atoms. The van der Waals surface area contributed by atoms with Crippen molar-refractivity contribution in [3.05, 3.63) is 26.5 Å². The fraction of sp³-hybridized carbons (Fsp3) is 0.533. The number of H-pyrrole nitrogens is 1. The van der Waals surface area contributed by atoms with Crippen molar-refractivity contribution in [1.29, 1.82) is 0 Å². The molecule has 1 aliphatic carbocycles. The van der Waals surface area contributed by atoms with E-state index in [1.54, 1.807) is 0 Å². The molecule has 1 aromatic heterocycles. The second kappa shape index (κ2) is 5.20. The number of hydrogen-bond donors (Lipinski definition) is 1. The fourth-order valence-electron chi connectivity index (χ4n) is 3.58. The van der Waals surface area contributed by atoms with Gasteiger partial charge in [-0.05, 0) is 84.1 Å². The summed E-state index contributed by atoms with van der Waals surface area (Å²) in [6, 6.07) is 7.10. The van der Waals surface area contributed by atoms with Crippen LogP contribution in [0.15, 0.2) is 18.2 Å². The molecule has 19 heavy (non-hydrogen) atoms. The normalized spacial score (nSPS) is 27.8. The van der Waals surface area contributed by atoms with Crippen LogP contribution in [0.2, 0.25) is 0 Å². The first-order valence-corrected chi connectivity index (χ1v) is 8.43. The third-order valence-electron chi connectivity index (χ3n) is 4.20. The lowest BCUT2D eigenvalue weighted by atomic mass is 9.80. The average Bonchev–Trinajstić information content (AvgIpc) is 2.62. The standard InChI is InChI=1S/C15H19IN2S/c1-9-5-10(2)7-12(6-9)18-14-4-3-11(16)8-13(14)17-15(18)19/h3-4,8-10,12H,5-7H2,1-2H3,(H,17,19). The van der Waals surface area contributed by atoms with Gasteiger partial charge in [0.25, 0.3) is 0 Å². The number of aromatic nitrogens is 2. The Labute approximate surface area is 132 Å². The van der Waals surface area contributed by atoms with Gasteiger partial charge in [0.15, 0.2) is 4.77 Å². The van der Waals surface area contributed by atoms with Crippen LogP contribution in [0.3, 0.4) is 0 Å². The van der Waals surface area contributed by atoms with Crippen LogP contribution in [0.4, 0.5) is 0 Å². The predicted octanol–water partition coefficient (Wildman–Crippen LogP) is 5.30. The molecule has 4 heteroatoms. The van der Waals surface area contributed by atoms with E-state index in [4.69, 9.17) is 12.2 Å². The van der Waals surface area contributed by atoms with Crippen LogP contribution >= 0.6 is 34.8 Å². The smallest absolute Gasteiger partial charge is 0.178 e. The summed E-state index contributed by atoms with van der Waals surface area (Å²) in [5.41, 5.74) is 2.43. The van der Waals surface area contributed by atoms with Gasteiger partial charge in [-0.15, -0.1) is 0 Å². The number of hydrogen-bond acceptors (Lipinski definition) is 1. The van der Waals surface area contributed by atoms with Crippen LogP contribution in [0.25, 0.3) is 11.0 Å². The van der Waals surface area contributed by atoms with Gasteiger partial charge >= 0.3 is 0 Å². The third-order valence-corrected chi connectivity index (χ3v) is 5.17. The van der Waals surface area contributed by atoms with E-state index in [9.17, 15) is 0 Å². The summed E-state index contributed by atoms with van der Waals surface area (Å²) >= 11 is 7.91. The van der Waals surface area contributed by atoms with Gasteiger partial charge in [0.2, 0.25) is 0 Å². The highest BCUT2D eigenvalue weighted by Crippen LogP contribution is 2.37. The van der Waals surface area contributed by atoms with Crippen LogP contribution in [0.1, 0.15) is 39.2 Å². The van der Waals surface area contributed by atoms with E-state index in [0.717, 1.165) is 16.6 Å². The average molecular weight is 386 g/mol. The second-order valence-corrected chi connectivity index (χ2v) is 7.67. The fourth-order valence-corrected chi connectivity index (χ4v) is 4.43. The number of imidazole rings is 1. The molecule has 0 aliphatic heterocycles. The predicted molar refractivity (Wildman–Crippen MR) is 91.1 cm³/mol. The van der Waals surface area contributed by atoms with Crippen molar-refractivity contribution >= 4 is 45.8 Å². The molecule has 0 saturated heterocycles. The van der Waals surface area contributed by atoms with Crippen LogP contribution < -0.4 is 0 Å². The molecule has 1 aliphatic rings. The molecule has 1 aromatic carbocycles. The summed E-state index contributed by atoms with van der Waals surface area (Å²) < 4.78 is 4.48. The Morgan fingerprint density at radius 3 is 2.58 bits per heavy atom. The Morgan fingerprint density at radius 2 is 1.89 bits per heavy atom. The lowest BCUT2D eigenvalue weighted by Gasteiger charge is -2.32. The summed E-state index contributed by atoms with van der Waals surface area (Å²) in [6.07, 6.45) is 3.85. The van der Waals surface area contributed by atoms with Gasteiger partial charge in [0, 0.05) is 9.61 Å². The first-order valence-electron chi connectivity index (χ1n) is 6.94. The Balaban J connectivity index is 2.09. The summed E-state index contributed by atoms with van der Waals surface area (Å²) in [6.45, 7) is 4.73. The number of fused-ring (bicyclic) bond motifs is 1. The monoisotopic (exact) mass is 386 g/mol. The minimum Gasteiger partial charge on any atom is -0.331 e. The molecule has 2 unspecified atom stereocenters. The van der Waals surface area contributed by atoms with Crippen LogP contribution in [-0.2, 0) is 0 Å². The van der Waals surface area contributed by atoms with E-state index in [2.05, 4.69) is 64.2 Å². The molecule has 0 spiro atoms. The zero-order valence-electron chi connectivity index (χ0n) is 11.3. The molecule has 2 nitrogen and oxygen atoms in total. The maximum Gasteiger partial charge on any atom is 0.178 e. The van der Waals surface area contributed by atoms with Gasteiger partial charge in [0.05, 0.1) is 11.0 Å². The molecule has 0 radical (unpaired) electrons. The number of rotatable bonds is 1. The van der Waals surface area contributed by atoms with Gasteiger partial charge in [-0.3, -0.25) is 0 Å². The second-order valence-electron chi connectivity index (χ2n) is 6.03. The molecule has 0 amide bonds. The summed E-state index contributed by atoms with van der Waals surface area (Å²) in [4.78, 5) is 3.37. The molecule has 1 heterocycles. The quantitative estimate of drug-likeness (QED) is 0.521. The molecule has 102 valence electrons. The van der Waals surface area contributed by atoms with E-state index < -0.39 is 0 Å².